The van der Waals surface area contributed by atoms with Crippen molar-refractivity contribution in [3.05, 3.63) is 53.7 Å². The van der Waals surface area contributed by atoms with Gasteiger partial charge in [-0.2, -0.15) is 0 Å². The van der Waals surface area contributed by atoms with Crippen molar-refractivity contribution in [2.75, 3.05) is 17.7 Å². The van der Waals surface area contributed by atoms with Crippen LogP contribution in [0.3, 0.4) is 0 Å². The number of anilines is 2. The predicted molar refractivity (Wildman–Crippen MR) is 98.3 cm³/mol. The van der Waals surface area contributed by atoms with Crippen molar-refractivity contribution in [3.63, 3.8) is 0 Å². The number of aromatic amines is 1. The smallest absolute Gasteiger partial charge is 0.272 e. The standard InChI is InChI=1S/C19H19N3O3/c1-11-8-14(5-7-16(11)20-12(2)23)21-19(24)18-9-13-4-6-15(25-3)10-17(13)22-18/h4-10,22H,1-3H3,(H,20,23)(H,21,24). The number of nitrogens with one attached hydrogen (secondary N) is 3. The minimum atomic E-state index is -0.234. The summed E-state index contributed by atoms with van der Waals surface area (Å²) in [6.45, 7) is 3.33. The summed E-state index contributed by atoms with van der Waals surface area (Å²) in [4.78, 5) is 26.7. The van der Waals surface area contributed by atoms with E-state index in [1.807, 2.05) is 31.2 Å². The highest BCUT2D eigenvalue weighted by atomic mass is 16.5. The first-order valence-electron chi connectivity index (χ1n) is 7.82. The van der Waals surface area contributed by atoms with Crippen molar-refractivity contribution in [1.82, 2.24) is 4.98 Å². The van der Waals surface area contributed by atoms with Gasteiger partial charge in [-0.1, -0.05) is 0 Å². The molecule has 0 aliphatic rings. The predicted octanol–water partition coefficient (Wildman–Crippen LogP) is 3.70. The highest BCUT2D eigenvalue weighted by Gasteiger charge is 2.11. The van der Waals surface area contributed by atoms with E-state index in [0.717, 1.165) is 27.9 Å². The van der Waals surface area contributed by atoms with Crippen LogP contribution < -0.4 is 15.4 Å². The number of aromatic nitrogens is 1. The molecule has 0 spiro atoms. The molecule has 2 aromatic carbocycles. The molecule has 128 valence electrons. The Hall–Kier alpha value is -3.28. The monoisotopic (exact) mass is 337 g/mol. The summed E-state index contributed by atoms with van der Waals surface area (Å²) in [5, 5.41) is 6.53. The summed E-state index contributed by atoms with van der Waals surface area (Å²) in [7, 11) is 1.60. The molecule has 1 heterocycles. The topological polar surface area (TPSA) is 83.2 Å². The molecular formula is C19H19N3O3. The third-order valence-electron chi connectivity index (χ3n) is 3.87. The normalized spacial score (nSPS) is 10.5. The molecule has 0 aliphatic carbocycles. The first kappa shape index (κ1) is 16.6. The fraction of sp³-hybridized carbons (Fsp3) is 0.158. The lowest BCUT2D eigenvalue weighted by Crippen LogP contribution is -2.13. The molecule has 6 nitrogen and oxygen atoms in total. The number of hydrogen-bond acceptors (Lipinski definition) is 3. The number of carbonyl (C=O) groups excluding carboxylic acids is 2. The van der Waals surface area contributed by atoms with Gasteiger partial charge >= 0.3 is 0 Å². The Morgan fingerprint density at radius 1 is 1.04 bits per heavy atom. The molecule has 3 N–H and O–H groups in total. The van der Waals surface area contributed by atoms with Gasteiger partial charge in [-0.05, 0) is 48.9 Å². The minimum absolute atomic E-state index is 0.131. The third-order valence-corrected chi connectivity index (χ3v) is 3.87. The Morgan fingerprint density at radius 2 is 1.84 bits per heavy atom. The summed E-state index contributed by atoms with van der Waals surface area (Å²) in [6, 6.07) is 12.7. The van der Waals surface area contributed by atoms with Gasteiger partial charge in [0.25, 0.3) is 5.91 Å². The summed E-state index contributed by atoms with van der Waals surface area (Å²) in [6.07, 6.45) is 0. The fourth-order valence-corrected chi connectivity index (χ4v) is 2.63. The first-order chi connectivity index (χ1) is 12.0. The van der Waals surface area contributed by atoms with Crippen molar-refractivity contribution in [2.45, 2.75) is 13.8 Å². The van der Waals surface area contributed by atoms with E-state index in [4.69, 9.17) is 4.74 Å². The van der Waals surface area contributed by atoms with Crippen molar-refractivity contribution < 1.29 is 14.3 Å². The van der Waals surface area contributed by atoms with Crippen molar-refractivity contribution in [2.24, 2.45) is 0 Å². The number of carbonyl (C=O) groups is 2. The fourth-order valence-electron chi connectivity index (χ4n) is 2.63. The van der Waals surface area contributed by atoms with E-state index in [1.165, 1.54) is 6.92 Å². The van der Waals surface area contributed by atoms with Crippen LogP contribution in [0.25, 0.3) is 10.9 Å². The zero-order valence-electron chi connectivity index (χ0n) is 14.3. The largest absolute Gasteiger partial charge is 0.497 e. The Morgan fingerprint density at radius 3 is 2.52 bits per heavy atom. The second-order valence-corrected chi connectivity index (χ2v) is 5.80. The molecule has 0 atom stereocenters. The molecule has 0 saturated carbocycles. The number of rotatable bonds is 4. The van der Waals surface area contributed by atoms with Crippen LogP contribution in [0.15, 0.2) is 42.5 Å². The summed E-state index contributed by atoms with van der Waals surface area (Å²) < 4.78 is 5.19. The van der Waals surface area contributed by atoms with Crippen LogP contribution >= 0.6 is 0 Å². The second kappa shape index (κ2) is 6.68. The van der Waals surface area contributed by atoms with Gasteiger partial charge < -0.3 is 20.4 Å². The molecule has 3 rings (SSSR count). The van der Waals surface area contributed by atoms with Crippen LogP contribution in [0, 0.1) is 6.92 Å². The van der Waals surface area contributed by atoms with E-state index in [-0.39, 0.29) is 11.8 Å². The van der Waals surface area contributed by atoms with Crippen LogP contribution in [-0.2, 0) is 4.79 Å². The number of H-pyrrole nitrogens is 1. The zero-order chi connectivity index (χ0) is 18.0. The van der Waals surface area contributed by atoms with Crippen molar-refractivity contribution in [3.8, 4) is 5.75 Å². The SMILES string of the molecule is COc1ccc2cc(C(=O)Nc3ccc(NC(C)=O)c(C)c3)[nH]c2c1. The molecule has 2 amide bonds. The first-order valence-corrected chi connectivity index (χ1v) is 7.82. The Bertz CT molecular complexity index is 960. The molecule has 1 aromatic heterocycles. The highest BCUT2D eigenvalue weighted by Crippen LogP contribution is 2.23. The summed E-state index contributed by atoms with van der Waals surface area (Å²) in [5.74, 6) is 0.362. The van der Waals surface area contributed by atoms with E-state index in [2.05, 4.69) is 15.6 Å². The maximum Gasteiger partial charge on any atom is 0.272 e. The average molecular weight is 337 g/mol. The maximum atomic E-state index is 12.5. The number of methoxy groups -OCH3 is 1. The van der Waals surface area contributed by atoms with Gasteiger partial charge in [0.2, 0.25) is 5.91 Å². The number of amides is 2. The zero-order valence-corrected chi connectivity index (χ0v) is 14.3. The van der Waals surface area contributed by atoms with E-state index in [1.54, 1.807) is 25.3 Å². The summed E-state index contributed by atoms with van der Waals surface area (Å²) >= 11 is 0. The Kier molecular flexibility index (Phi) is 4.43. The van der Waals surface area contributed by atoms with Crippen LogP contribution in [0.1, 0.15) is 23.0 Å². The molecule has 0 unspecified atom stereocenters. The molecule has 0 bridgehead atoms. The Balaban J connectivity index is 1.80. The lowest BCUT2D eigenvalue weighted by Gasteiger charge is -2.09. The van der Waals surface area contributed by atoms with Crippen LogP contribution in [0.5, 0.6) is 5.75 Å². The molecule has 3 aromatic rings. The van der Waals surface area contributed by atoms with Gasteiger partial charge in [0.05, 0.1) is 7.11 Å². The van der Waals surface area contributed by atoms with Gasteiger partial charge in [-0.15, -0.1) is 0 Å². The molecule has 6 heteroatoms. The van der Waals surface area contributed by atoms with Crippen LogP contribution in [0.2, 0.25) is 0 Å². The summed E-state index contributed by atoms with van der Waals surface area (Å²) in [5.41, 5.74) is 3.55. The molecule has 0 fully saturated rings. The van der Waals surface area contributed by atoms with Gasteiger partial charge in [0.15, 0.2) is 0 Å². The number of benzene rings is 2. The van der Waals surface area contributed by atoms with E-state index in [9.17, 15) is 9.59 Å². The molecule has 0 radical (unpaired) electrons. The highest BCUT2D eigenvalue weighted by molar-refractivity contribution is 6.06. The second-order valence-electron chi connectivity index (χ2n) is 5.80. The van der Waals surface area contributed by atoms with Gasteiger partial charge in [0, 0.05) is 35.3 Å². The van der Waals surface area contributed by atoms with Gasteiger partial charge in [-0.3, -0.25) is 9.59 Å². The average Bonchev–Trinajstić information content (AvgIpc) is 3.00. The van der Waals surface area contributed by atoms with Gasteiger partial charge in [0.1, 0.15) is 11.4 Å². The number of fused-ring (bicyclic) bond motifs is 1. The lowest BCUT2D eigenvalue weighted by molar-refractivity contribution is -0.114. The van der Waals surface area contributed by atoms with Gasteiger partial charge in [-0.25, -0.2) is 0 Å². The van der Waals surface area contributed by atoms with Crippen LogP contribution in [0.4, 0.5) is 11.4 Å². The van der Waals surface area contributed by atoms with Crippen LogP contribution in [-0.4, -0.2) is 23.9 Å². The number of hydrogen-bond donors (Lipinski definition) is 3. The van der Waals surface area contributed by atoms with E-state index in [0.29, 0.717) is 11.4 Å². The van der Waals surface area contributed by atoms with E-state index >= 15 is 0 Å². The third kappa shape index (κ3) is 3.63. The molecular weight excluding hydrogens is 318 g/mol. The minimum Gasteiger partial charge on any atom is -0.497 e. The number of aryl methyl sites for hydroxylation is 1. The van der Waals surface area contributed by atoms with E-state index < -0.39 is 0 Å². The molecule has 25 heavy (non-hydrogen) atoms. The van der Waals surface area contributed by atoms with Crippen molar-refractivity contribution >= 4 is 34.1 Å². The lowest BCUT2D eigenvalue weighted by atomic mass is 10.1. The quantitative estimate of drug-likeness (QED) is 0.679. The maximum absolute atomic E-state index is 12.5. The Labute approximate surface area is 145 Å². The number of ether oxygens (including phenoxy) is 1. The molecule has 0 saturated heterocycles. The van der Waals surface area contributed by atoms with Crippen molar-refractivity contribution in [1.29, 1.82) is 0 Å². The molecule has 0 aliphatic heterocycles.